The SMILES string of the molecule is Cl.Cl.O=C(NC1CCNC1)c1cc(F)cc2nccnc12. The van der Waals surface area contributed by atoms with Crippen LogP contribution >= 0.6 is 24.8 Å². The van der Waals surface area contributed by atoms with Gasteiger partial charge in [-0.2, -0.15) is 0 Å². The molecule has 1 saturated heterocycles. The number of halogens is 3. The molecule has 0 spiro atoms. The Morgan fingerprint density at radius 3 is 2.76 bits per heavy atom. The van der Waals surface area contributed by atoms with Gasteiger partial charge in [0.2, 0.25) is 0 Å². The summed E-state index contributed by atoms with van der Waals surface area (Å²) in [6.07, 6.45) is 3.85. The Hall–Kier alpha value is -1.50. The normalized spacial score (nSPS) is 16.9. The van der Waals surface area contributed by atoms with Crippen molar-refractivity contribution < 1.29 is 9.18 Å². The van der Waals surface area contributed by atoms with Gasteiger partial charge >= 0.3 is 0 Å². The van der Waals surface area contributed by atoms with Crippen LogP contribution in [0.5, 0.6) is 0 Å². The molecular weight excluding hydrogens is 318 g/mol. The van der Waals surface area contributed by atoms with E-state index >= 15 is 0 Å². The molecule has 3 rings (SSSR count). The molecule has 1 fully saturated rings. The zero-order chi connectivity index (χ0) is 13.2. The van der Waals surface area contributed by atoms with Crippen molar-refractivity contribution in [2.45, 2.75) is 12.5 Å². The number of amides is 1. The molecule has 1 aliphatic heterocycles. The van der Waals surface area contributed by atoms with Crippen molar-refractivity contribution in [2.24, 2.45) is 0 Å². The van der Waals surface area contributed by atoms with Crippen LogP contribution < -0.4 is 10.6 Å². The average molecular weight is 333 g/mol. The quantitative estimate of drug-likeness (QED) is 0.878. The van der Waals surface area contributed by atoms with Crippen LogP contribution in [-0.4, -0.2) is 35.0 Å². The molecule has 114 valence electrons. The highest BCUT2D eigenvalue weighted by atomic mass is 35.5. The molecule has 0 aliphatic carbocycles. The zero-order valence-corrected chi connectivity index (χ0v) is 12.6. The summed E-state index contributed by atoms with van der Waals surface area (Å²) in [4.78, 5) is 20.3. The predicted molar refractivity (Wildman–Crippen MR) is 82.7 cm³/mol. The van der Waals surface area contributed by atoms with Crippen molar-refractivity contribution in [3.05, 3.63) is 35.9 Å². The molecule has 1 aromatic heterocycles. The van der Waals surface area contributed by atoms with Gasteiger partial charge in [-0.15, -0.1) is 24.8 Å². The summed E-state index contributed by atoms with van der Waals surface area (Å²) >= 11 is 0. The van der Waals surface area contributed by atoms with Crippen LogP contribution in [0.4, 0.5) is 4.39 Å². The first kappa shape index (κ1) is 17.6. The zero-order valence-electron chi connectivity index (χ0n) is 11.0. The second-order valence-corrected chi connectivity index (χ2v) is 4.54. The molecular formula is C13H15Cl2FN4O. The Balaban J connectivity index is 0.00000110. The molecule has 1 aliphatic rings. The first-order valence-electron chi connectivity index (χ1n) is 6.16. The average Bonchev–Trinajstić information content (AvgIpc) is 2.90. The summed E-state index contributed by atoms with van der Waals surface area (Å²) in [6.45, 7) is 1.62. The lowest BCUT2D eigenvalue weighted by atomic mass is 10.1. The summed E-state index contributed by atoms with van der Waals surface area (Å²) < 4.78 is 13.5. The van der Waals surface area contributed by atoms with E-state index in [2.05, 4.69) is 20.6 Å². The molecule has 1 amide bonds. The van der Waals surface area contributed by atoms with Gasteiger partial charge in [-0.1, -0.05) is 0 Å². The number of aromatic nitrogens is 2. The third kappa shape index (κ3) is 3.78. The highest BCUT2D eigenvalue weighted by molar-refractivity contribution is 6.04. The lowest BCUT2D eigenvalue weighted by Crippen LogP contribution is -2.36. The lowest BCUT2D eigenvalue weighted by Gasteiger charge is -2.12. The molecule has 2 aromatic rings. The summed E-state index contributed by atoms with van der Waals surface area (Å²) in [7, 11) is 0. The predicted octanol–water partition coefficient (Wildman–Crippen LogP) is 1.70. The van der Waals surface area contributed by atoms with Gasteiger partial charge in [-0.25, -0.2) is 4.39 Å². The maximum Gasteiger partial charge on any atom is 0.253 e. The first-order chi connectivity index (χ1) is 9.24. The van der Waals surface area contributed by atoms with Gasteiger partial charge in [0, 0.05) is 31.0 Å². The van der Waals surface area contributed by atoms with E-state index in [-0.39, 0.29) is 42.3 Å². The van der Waals surface area contributed by atoms with Crippen LogP contribution in [0.15, 0.2) is 24.5 Å². The third-order valence-electron chi connectivity index (χ3n) is 3.18. The van der Waals surface area contributed by atoms with Crippen molar-refractivity contribution in [3.8, 4) is 0 Å². The Morgan fingerprint density at radius 1 is 1.29 bits per heavy atom. The molecule has 1 aromatic carbocycles. The maximum absolute atomic E-state index is 13.5. The molecule has 1 atom stereocenters. The highest BCUT2D eigenvalue weighted by Crippen LogP contribution is 2.16. The molecule has 0 bridgehead atoms. The van der Waals surface area contributed by atoms with Crippen molar-refractivity contribution in [1.29, 1.82) is 0 Å². The van der Waals surface area contributed by atoms with Crippen molar-refractivity contribution in [2.75, 3.05) is 13.1 Å². The van der Waals surface area contributed by atoms with Crippen LogP contribution in [0, 0.1) is 5.82 Å². The molecule has 1 unspecified atom stereocenters. The molecule has 2 heterocycles. The number of benzene rings is 1. The van der Waals surface area contributed by atoms with E-state index in [1.165, 1.54) is 24.5 Å². The maximum atomic E-state index is 13.5. The van der Waals surface area contributed by atoms with Crippen molar-refractivity contribution in [3.63, 3.8) is 0 Å². The van der Waals surface area contributed by atoms with Crippen LogP contribution in [0.3, 0.4) is 0 Å². The van der Waals surface area contributed by atoms with E-state index < -0.39 is 5.82 Å². The second-order valence-electron chi connectivity index (χ2n) is 4.54. The molecule has 0 radical (unpaired) electrons. The molecule has 5 nitrogen and oxygen atoms in total. The summed E-state index contributed by atoms with van der Waals surface area (Å²) in [6, 6.07) is 2.56. The van der Waals surface area contributed by atoms with E-state index in [0.717, 1.165) is 19.5 Å². The number of rotatable bonds is 2. The minimum absolute atomic E-state index is 0. The Labute approximate surface area is 133 Å². The monoisotopic (exact) mass is 332 g/mol. The van der Waals surface area contributed by atoms with E-state index in [0.29, 0.717) is 11.0 Å². The number of nitrogens with zero attached hydrogens (tertiary/aromatic N) is 2. The fraction of sp³-hybridized carbons (Fsp3) is 0.308. The van der Waals surface area contributed by atoms with Gasteiger partial charge in [0.05, 0.1) is 11.1 Å². The number of nitrogens with one attached hydrogen (secondary N) is 2. The Kier molecular flexibility index (Phi) is 6.26. The van der Waals surface area contributed by atoms with Gasteiger partial charge in [0.15, 0.2) is 0 Å². The van der Waals surface area contributed by atoms with Crippen LogP contribution in [-0.2, 0) is 0 Å². The summed E-state index contributed by atoms with van der Waals surface area (Å²) in [5.41, 5.74) is 1.04. The smallest absolute Gasteiger partial charge is 0.253 e. The number of hydrogen-bond acceptors (Lipinski definition) is 4. The van der Waals surface area contributed by atoms with E-state index in [1.807, 2.05) is 0 Å². The van der Waals surface area contributed by atoms with Crippen LogP contribution in [0.2, 0.25) is 0 Å². The fourth-order valence-corrected chi connectivity index (χ4v) is 2.25. The van der Waals surface area contributed by atoms with Gasteiger partial charge in [-0.05, 0) is 19.0 Å². The molecule has 0 saturated carbocycles. The molecule has 8 heteroatoms. The first-order valence-corrected chi connectivity index (χ1v) is 6.16. The number of hydrogen-bond donors (Lipinski definition) is 2. The summed E-state index contributed by atoms with van der Waals surface area (Å²) in [5.74, 6) is -0.790. The lowest BCUT2D eigenvalue weighted by molar-refractivity contribution is 0.0941. The number of carbonyl (C=O) groups is 1. The van der Waals surface area contributed by atoms with Crippen LogP contribution in [0.25, 0.3) is 11.0 Å². The Bertz CT molecular complexity index is 635. The van der Waals surface area contributed by atoms with E-state index in [4.69, 9.17) is 0 Å². The standard InChI is InChI=1S/C13H13FN4O.2ClH/c14-8-5-10(12-11(6-8)16-3-4-17-12)13(19)18-9-1-2-15-7-9;;/h3-6,9,15H,1-2,7H2,(H,18,19);2*1H. The fourth-order valence-electron chi connectivity index (χ4n) is 2.25. The third-order valence-corrected chi connectivity index (χ3v) is 3.18. The highest BCUT2D eigenvalue weighted by Gasteiger charge is 2.20. The number of carbonyl (C=O) groups excluding carboxylic acids is 1. The van der Waals surface area contributed by atoms with Crippen LogP contribution in [0.1, 0.15) is 16.8 Å². The topological polar surface area (TPSA) is 66.9 Å². The molecule has 2 N–H and O–H groups in total. The van der Waals surface area contributed by atoms with Gasteiger partial charge in [-0.3, -0.25) is 14.8 Å². The van der Waals surface area contributed by atoms with E-state index in [9.17, 15) is 9.18 Å². The number of fused-ring (bicyclic) bond motifs is 1. The van der Waals surface area contributed by atoms with E-state index in [1.54, 1.807) is 0 Å². The van der Waals surface area contributed by atoms with Gasteiger partial charge in [0.1, 0.15) is 11.3 Å². The Morgan fingerprint density at radius 2 is 2.05 bits per heavy atom. The van der Waals surface area contributed by atoms with Gasteiger partial charge in [0.25, 0.3) is 5.91 Å². The minimum atomic E-state index is -0.484. The second kappa shape index (κ2) is 7.49. The summed E-state index contributed by atoms with van der Waals surface area (Å²) in [5, 5.41) is 6.04. The van der Waals surface area contributed by atoms with Crippen molar-refractivity contribution in [1.82, 2.24) is 20.6 Å². The molecule has 21 heavy (non-hydrogen) atoms. The minimum Gasteiger partial charge on any atom is -0.348 e. The largest absolute Gasteiger partial charge is 0.348 e. The van der Waals surface area contributed by atoms with Gasteiger partial charge < -0.3 is 10.6 Å². The van der Waals surface area contributed by atoms with Crippen molar-refractivity contribution >= 4 is 41.8 Å².